The fourth-order valence-electron chi connectivity index (χ4n) is 4.61. The first-order valence-electron chi connectivity index (χ1n) is 11.8. The Morgan fingerprint density at radius 3 is 2.75 bits per heavy atom. The zero-order chi connectivity index (χ0) is 22.3. The van der Waals surface area contributed by atoms with Crippen LogP contribution in [0.4, 0.5) is 5.69 Å². The molecule has 1 fully saturated rings. The van der Waals surface area contributed by atoms with Crippen LogP contribution in [-0.2, 0) is 24.1 Å². The highest BCUT2D eigenvalue weighted by Gasteiger charge is 2.20. The number of hydrogen-bond donors (Lipinski definition) is 3. The average Bonchev–Trinajstić information content (AvgIpc) is 2.83. The van der Waals surface area contributed by atoms with Crippen molar-refractivity contribution in [2.45, 2.75) is 51.3 Å². The van der Waals surface area contributed by atoms with Gasteiger partial charge in [0.1, 0.15) is 0 Å². The summed E-state index contributed by atoms with van der Waals surface area (Å²) in [6, 6.07) is 14.7. The molecule has 32 heavy (non-hydrogen) atoms. The van der Waals surface area contributed by atoms with E-state index >= 15 is 0 Å². The van der Waals surface area contributed by atoms with Crippen LogP contribution in [0, 0.1) is 0 Å². The van der Waals surface area contributed by atoms with Gasteiger partial charge in [-0.1, -0.05) is 37.3 Å². The summed E-state index contributed by atoms with van der Waals surface area (Å²) >= 11 is 0. The highest BCUT2D eigenvalue weighted by atomic mass is 16.5. The summed E-state index contributed by atoms with van der Waals surface area (Å²) in [4.78, 5) is 15.0. The van der Waals surface area contributed by atoms with E-state index < -0.39 is 6.10 Å². The quantitative estimate of drug-likeness (QED) is 0.592. The average molecular weight is 438 g/mol. The smallest absolute Gasteiger partial charge is 0.251 e. The number of anilines is 1. The van der Waals surface area contributed by atoms with Gasteiger partial charge in [0.2, 0.25) is 0 Å². The molecule has 0 saturated carbocycles. The molecule has 2 aromatic rings. The first kappa shape index (κ1) is 22.8. The number of β-amino-alcohol motifs (C(OH)–C–C–N with tert-alkyl or cyclic N) is 1. The molecule has 6 heteroatoms. The number of aryl methyl sites for hydroxylation is 1. The summed E-state index contributed by atoms with van der Waals surface area (Å²) in [5.74, 6) is -0.147. The van der Waals surface area contributed by atoms with Crippen LogP contribution in [0.2, 0.25) is 0 Å². The highest BCUT2D eigenvalue weighted by Crippen LogP contribution is 2.22. The van der Waals surface area contributed by atoms with Gasteiger partial charge in [-0.3, -0.25) is 9.69 Å². The molecule has 1 atom stereocenters. The zero-order valence-corrected chi connectivity index (χ0v) is 19.0. The van der Waals surface area contributed by atoms with Crippen molar-refractivity contribution in [3.63, 3.8) is 0 Å². The lowest BCUT2D eigenvalue weighted by molar-refractivity contribution is 0.0841. The first-order chi connectivity index (χ1) is 15.6. The number of hydrogen-bond acceptors (Lipinski definition) is 5. The van der Waals surface area contributed by atoms with Gasteiger partial charge in [-0.2, -0.15) is 0 Å². The third kappa shape index (κ3) is 5.88. The van der Waals surface area contributed by atoms with E-state index in [0.29, 0.717) is 18.2 Å². The van der Waals surface area contributed by atoms with Crippen LogP contribution in [0.15, 0.2) is 42.5 Å². The number of rotatable bonds is 8. The van der Waals surface area contributed by atoms with Gasteiger partial charge in [-0.05, 0) is 54.5 Å². The van der Waals surface area contributed by atoms with Crippen LogP contribution in [0.5, 0.6) is 0 Å². The Morgan fingerprint density at radius 1 is 1.19 bits per heavy atom. The summed E-state index contributed by atoms with van der Waals surface area (Å²) in [7, 11) is 0. The molecule has 2 aliphatic heterocycles. The van der Waals surface area contributed by atoms with E-state index in [1.165, 1.54) is 16.7 Å². The fourth-order valence-corrected chi connectivity index (χ4v) is 4.61. The number of fused-ring (bicyclic) bond motifs is 1. The Kier molecular flexibility index (Phi) is 7.79. The summed E-state index contributed by atoms with van der Waals surface area (Å²) in [6.45, 7) is 6.26. The van der Waals surface area contributed by atoms with Gasteiger partial charge in [0, 0.05) is 56.7 Å². The van der Waals surface area contributed by atoms with E-state index in [9.17, 15) is 9.90 Å². The number of nitrogens with one attached hydrogen (secondary N) is 2. The van der Waals surface area contributed by atoms with Crippen LogP contribution in [0.25, 0.3) is 0 Å². The van der Waals surface area contributed by atoms with Gasteiger partial charge in [0.05, 0.1) is 6.10 Å². The number of amides is 1. The molecule has 172 valence electrons. The van der Waals surface area contributed by atoms with Crippen molar-refractivity contribution >= 4 is 11.6 Å². The lowest BCUT2D eigenvalue weighted by atomic mass is 10.00. The summed E-state index contributed by atoms with van der Waals surface area (Å²) < 4.78 is 5.45. The van der Waals surface area contributed by atoms with Gasteiger partial charge in [-0.25, -0.2) is 0 Å². The second-order valence-corrected chi connectivity index (χ2v) is 8.87. The van der Waals surface area contributed by atoms with E-state index in [1.807, 2.05) is 18.2 Å². The number of ether oxygens (including phenoxy) is 1. The number of carbonyl (C=O) groups excluding carboxylic acids is 1. The second kappa shape index (κ2) is 10.9. The molecule has 1 amide bonds. The lowest BCUT2D eigenvalue weighted by Gasteiger charge is -2.30. The van der Waals surface area contributed by atoms with Crippen LogP contribution < -0.4 is 10.6 Å². The molecule has 4 rings (SSSR count). The maximum Gasteiger partial charge on any atom is 0.251 e. The van der Waals surface area contributed by atoms with Crippen molar-refractivity contribution in [3.8, 4) is 0 Å². The predicted octanol–water partition coefficient (Wildman–Crippen LogP) is 2.99. The zero-order valence-electron chi connectivity index (χ0n) is 19.0. The Labute approximate surface area is 191 Å². The molecular formula is C26H35N3O3. The van der Waals surface area contributed by atoms with Gasteiger partial charge in [0.25, 0.3) is 5.91 Å². The molecule has 2 heterocycles. The second-order valence-electron chi connectivity index (χ2n) is 8.87. The van der Waals surface area contributed by atoms with E-state index in [-0.39, 0.29) is 12.5 Å². The van der Waals surface area contributed by atoms with Crippen molar-refractivity contribution < 1.29 is 14.6 Å². The van der Waals surface area contributed by atoms with Crippen LogP contribution in [-0.4, -0.2) is 60.9 Å². The number of aliphatic hydroxyl groups is 1. The molecule has 0 aromatic heterocycles. The van der Waals surface area contributed by atoms with Crippen molar-refractivity contribution in [3.05, 3.63) is 64.7 Å². The molecule has 6 nitrogen and oxygen atoms in total. The van der Waals surface area contributed by atoms with E-state index in [4.69, 9.17) is 4.74 Å². The first-order valence-corrected chi connectivity index (χ1v) is 11.8. The molecule has 0 bridgehead atoms. The minimum atomic E-state index is -0.598. The Bertz CT molecular complexity index is 911. The van der Waals surface area contributed by atoms with Crippen LogP contribution in [0.1, 0.15) is 46.8 Å². The SMILES string of the molecule is CCc1ccc(C(=O)NCC(O)CN2CCc3ccccc3C2)cc1NC1CCOCC1. The lowest BCUT2D eigenvalue weighted by Crippen LogP contribution is -2.42. The molecule has 2 aliphatic rings. The number of nitrogens with zero attached hydrogens (tertiary/aromatic N) is 1. The molecular weight excluding hydrogens is 402 g/mol. The largest absolute Gasteiger partial charge is 0.390 e. The number of benzene rings is 2. The third-order valence-electron chi connectivity index (χ3n) is 6.51. The maximum absolute atomic E-state index is 12.8. The predicted molar refractivity (Wildman–Crippen MR) is 127 cm³/mol. The minimum Gasteiger partial charge on any atom is -0.390 e. The highest BCUT2D eigenvalue weighted by molar-refractivity contribution is 5.95. The number of carbonyl (C=O) groups is 1. The van der Waals surface area contributed by atoms with Gasteiger partial charge in [0.15, 0.2) is 0 Å². The summed E-state index contributed by atoms with van der Waals surface area (Å²) in [6.07, 6.45) is 3.27. The minimum absolute atomic E-state index is 0.147. The fraction of sp³-hybridized carbons (Fsp3) is 0.500. The number of aliphatic hydroxyl groups excluding tert-OH is 1. The van der Waals surface area contributed by atoms with Gasteiger partial charge < -0.3 is 20.5 Å². The van der Waals surface area contributed by atoms with E-state index in [0.717, 1.165) is 57.7 Å². The van der Waals surface area contributed by atoms with Gasteiger partial charge in [-0.15, -0.1) is 0 Å². The molecule has 2 aromatic carbocycles. The van der Waals surface area contributed by atoms with Crippen molar-refractivity contribution in [1.82, 2.24) is 10.2 Å². The normalized spacial score (nSPS) is 18.1. The molecule has 0 radical (unpaired) electrons. The molecule has 1 unspecified atom stereocenters. The van der Waals surface area contributed by atoms with E-state index in [2.05, 4.69) is 46.7 Å². The Balaban J connectivity index is 1.30. The molecule has 0 spiro atoms. The van der Waals surface area contributed by atoms with Crippen molar-refractivity contribution in [1.29, 1.82) is 0 Å². The Hall–Kier alpha value is -2.41. The van der Waals surface area contributed by atoms with Crippen molar-refractivity contribution in [2.75, 3.05) is 38.2 Å². The Morgan fingerprint density at radius 2 is 1.97 bits per heavy atom. The standard InChI is InChI=1S/C26H35N3O3/c1-2-19-7-8-21(15-25(19)28-23-10-13-32-14-11-23)26(31)27-16-24(30)18-29-12-9-20-5-3-4-6-22(20)17-29/h3-8,15,23-24,28,30H,2,9-14,16-18H2,1H3,(H,27,31). The summed E-state index contributed by atoms with van der Waals surface area (Å²) in [5, 5.41) is 17.0. The topological polar surface area (TPSA) is 73.8 Å². The third-order valence-corrected chi connectivity index (χ3v) is 6.51. The molecule has 1 saturated heterocycles. The van der Waals surface area contributed by atoms with Crippen LogP contribution in [0.3, 0.4) is 0 Å². The monoisotopic (exact) mass is 437 g/mol. The molecule has 0 aliphatic carbocycles. The van der Waals surface area contributed by atoms with Gasteiger partial charge >= 0.3 is 0 Å². The summed E-state index contributed by atoms with van der Waals surface area (Å²) in [5.41, 5.74) is 5.58. The maximum atomic E-state index is 12.8. The van der Waals surface area contributed by atoms with Crippen molar-refractivity contribution in [2.24, 2.45) is 0 Å². The van der Waals surface area contributed by atoms with Crippen LogP contribution >= 0.6 is 0 Å². The van der Waals surface area contributed by atoms with E-state index in [1.54, 1.807) is 0 Å². The molecule has 3 N–H and O–H groups in total.